The normalized spacial score (nSPS) is 14.4. The number of nitrogens with one attached hydrogen (secondary N) is 1. The molecule has 0 aromatic heterocycles. The van der Waals surface area contributed by atoms with E-state index >= 15 is 0 Å². The van der Waals surface area contributed by atoms with E-state index in [1.165, 1.54) is 5.56 Å². The van der Waals surface area contributed by atoms with Crippen molar-refractivity contribution in [3.05, 3.63) is 29.8 Å². The highest BCUT2D eigenvalue weighted by Gasteiger charge is 2.14. The van der Waals surface area contributed by atoms with Gasteiger partial charge in [0.2, 0.25) is 0 Å². The Morgan fingerprint density at radius 2 is 1.68 bits per heavy atom. The molecule has 0 radical (unpaired) electrons. The second-order valence-electron chi connectivity index (χ2n) is 6.02. The van der Waals surface area contributed by atoms with Crippen LogP contribution < -0.4 is 10.1 Å². The molecule has 2 nitrogen and oxygen atoms in total. The molecule has 1 aromatic rings. The molecule has 2 atom stereocenters. The first-order valence-electron chi connectivity index (χ1n) is 7.37. The molecule has 0 saturated carbocycles. The molecule has 0 spiro atoms. The Bertz CT molecular complexity index is 362. The molecule has 0 aliphatic rings. The quantitative estimate of drug-likeness (QED) is 0.771. The van der Waals surface area contributed by atoms with E-state index in [0.29, 0.717) is 11.8 Å². The van der Waals surface area contributed by atoms with Gasteiger partial charge < -0.3 is 10.1 Å². The summed E-state index contributed by atoms with van der Waals surface area (Å²) in [7, 11) is 1.75. The Hall–Kier alpha value is -1.02. The van der Waals surface area contributed by atoms with Crippen molar-refractivity contribution in [2.45, 2.75) is 34.1 Å². The van der Waals surface area contributed by atoms with Gasteiger partial charge >= 0.3 is 0 Å². The molecule has 1 rings (SSSR count). The maximum atomic E-state index is 5.42. The minimum Gasteiger partial charge on any atom is -0.496 e. The number of methoxy groups -OCH3 is 1. The summed E-state index contributed by atoms with van der Waals surface area (Å²) in [4.78, 5) is 0. The predicted octanol–water partition coefficient (Wildman–Crippen LogP) is 3.76. The molecule has 1 aromatic carbocycles. The van der Waals surface area contributed by atoms with E-state index < -0.39 is 0 Å². The molecule has 0 heterocycles. The molecule has 0 aliphatic carbocycles. The molecule has 0 bridgehead atoms. The third-order valence-electron chi connectivity index (χ3n) is 3.72. The number of rotatable bonds is 8. The van der Waals surface area contributed by atoms with Crippen molar-refractivity contribution in [3.63, 3.8) is 0 Å². The summed E-state index contributed by atoms with van der Waals surface area (Å²) in [6, 6.07) is 8.33. The smallest absolute Gasteiger partial charge is 0.122 e. The van der Waals surface area contributed by atoms with Crippen molar-refractivity contribution in [2.75, 3.05) is 20.2 Å². The van der Waals surface area contributed by atoms with E-state index in [4.69, 9.17) is 4.74 Å². The van der Waals surface area contributed by atoms with E-state index in [9.17, 15) is 0 Å². The molecule has 0 amide bonds. The van der Waals surface area contributed by atoms with E-state index in [1.54, 1.807) is 7.11 Å². The molecule has 0 aliphatic heterocycles. The van der Waals surface area contributed by atoms with Crippen molar-refractivity contribution in [1.82, 2.24) is 5.32 Å². The Labute approximate surface area is 118 Å². The first-order chi connectivity index (χ1) is 9.04. The summed E-state index contributed by atoms with van der Waals surface area (Å²) in [5.74, 6) is 3.05. The average Bonchev–Trinajstić information content (AvgIpc) is 2.38. The maximum Gasteiger partial charge on any atom is 0.122 e. The fourth-order valence-corrected chi connectivity index (χ4v) is 2.22. The minimum atomic E-state index is 0.649. The zero-order valence-electron chi connectivity index (χ0n) is 13.1. The number of hydrogen-bond donors (Lipinski definition) is 1. The zero-order valence-corrected chi connectivity index (χ0v) is 13.1. The first kappa shape index (κ1) is 16.0. The van der Waals surface area contributed by atoms with Gasteiger partial charge in [-0.1, -0.05) is 45.9 Å². The van der Waals surface area contributed by atoms with Crippen molar-refractivity contribution in [1.29, 1.82) is 0 Å². The van der Waals surface area contributed by atoms with Crippen LogP contribution in [0.4, 0.5) is 0 Å². The maximum absolute atomic E-state index is 5.42. The average molecular weight is 263 g/mol. The third-order valence-corrected chi connectivity index (χ3v) is 3.72. The molecule has 0 fully saturated rings. The fraction of sp³-hybridized carbons (Fsp3) is 0.647. The summed E-state index contributed by atoms with van der Waals surface area (Å²) in [6.45, 7) is 11.3. The highest BCUT2D eigenvalue weighted by molar-refractivity contribution is 5.33. The molecule has 1 N–H and O–H groups in total. The molecule has 2 unspecified atom stereocenters. The monoisotopic (exact) mass is 263 g/mol. The first-order valence-corrected chi connectivity index (χ1v) is 7.37. The third kappa shape index (κ3) is 5.65. The minimum absolute atomic E-state index is 0.649. The lowest BCUT2D eigenvalue weighted by molar-refractivity contribution is 0.349. The van der Waals surface area contributed by atoms with Gasteiger partial charge in [-0.2, -0.15) is 0 Å². The van der Waals surface area contributed by atoms with Gasteiger partial charge in [-0.25, -0.2) is 0 Å². The van der Waals surface area contributed by atoms with E-state index in [-0.39, 0.29) is 0 Å². The Morgan fingerprint density at radius 3 is 2.32 bits per heavy atom. The van der Waals surface area contributed by atoms with Gasteiger partial charge in [0, 0.05) is 0 Å². The lowest BCUT2D eigenvalue weighted by atomic mass is 9.89. The van der Waals surface area contributed by atoms with Gasteiger partial charge in [-0.3, -0.25) is 0 Å². The van der Waals surface area contributed by atoms with Crippen LogP contribution in [0.1, 0.15) is 33.3 Å². The second-order valence-corrected chi connectivity index (χ2v) is 6.02. The lowest BCUT2D eigenvalue weighted by Crippen LogP contribution is -2.28. The molecule has 2 heteroatoms. The summed E-state index contributed by atoms with van der Waals surface area (Å²) in [5, 5.41) is 3.55. The highest BCUT2D eigenvalue weighted by atomic mass is 16.5. The van der Waals surface area contributed by atoms with Crippen LogP contribution in [0, 0.1) is 17.8 Å². The molecular formula is C17H29NO. The van der Waals surface area contributed by atoms with Crippen molar-refractivity contribution < 1.29 is 4.74 Å². The van der Waals surface area contributed by atoms with Crippen LogP contribution in [0.5, 0.6) is 5.75 Å². The van der Waals surface area contributed by atoms with Crippen LogP contribution >= 0.6 is 0 Å². The SMILES string of the molecule is COc1ccccc1CC(C)C(C)CNCC(C)C. The van der Waals surface area contributed by atoms with Gasteiger partial charge in [-0.05, 0) is 48.9 Å². The highest BCUT2D eigenvalue weighted by Crippen LogP contribution is 2.24. The van der Waals surface area contributed by atoms with Crippen molar-refractivity contribution in [2.24, 2.45) is 17.8 Å². The van der Waals surface area contributed by atoms with Gasteiger partial charge in [0.15, 0.2) is 0 Å². The standard InChI is InChI=1S/C17H29NO/c1-13(2)11-18-12-15(4)14(3)10-16-8-6-7-9-17(16)19-5/h6-9,13-15,18H,10-12H2,1-5H3. The van der Waals surface area contributed by atoms with E-state index in [0.717, 1.165) is 31.2 Å². The summed E-state index contributed by atoms with van der Waals surface area (Å²) < 4.78 is 5.42. The summed E-state index contributed by atoms with van der Waals surface area (Å²) >= 11 is 0. The summed E-state index contributed by atoms with van der Waals surface area (Å²) in [6.07, 6.45) is 1.08. The van der Waals surface area contributed by atoms with Crippen molar-refractivity contribution >= 4 is 0 Å². The predicted molar refractivity (Wildman–Crippen MR) is 82.7 cm³/mol. The molecule has 108 valence electrons. The fourth-order valence-electron chi connectivity index (χ4n) is 2.22. The summed E-state index contributed by atoms with van der Waals surface area (Å²) in [5.41, 5.74) is 1.31. The second kappa shape index (κ2) is 8.21. The van der Waals surface area contributed by atoms with Crippen LogP contribution in [-0.2, 0) is 6.42 Å². The van der Waals surface area contributed by atoms with Gasteiger partial charge in [-0.15, -0.1) is 0 Å². The molecule has 0 saturated heterocycles. The van der Waals surface area contributed by atoms with Gasteiger partial charge in [0.05, 0.1) is 7.11 Å². The van der Waals surface area contributed by atoms with E-state index in [1.807, 2.05) is 12.1 Å². The molecule has 19 heavy (non-hydrogen) atoms. The van der Waals surface area contributed by atoms with Crippen LogP contribution in [0.2, 0.25) is 0 Å². The zero-order chi connectivity index (χ0) is 14.3. The number of ether oxygens (including phenoxy) is 1. The molecular weight excluding hydrogens is 234 g/mol. The van der Waals surface area contributed by atoms with Gasteiger partial charge in [0.1, 0.15) is 5.75 Å². The topological polar surface area (TPSA) is 21.3 Å². The van der Waals surface area contributed by atoms with Crippen molar-refractivity contribution in [3.8, 4) is 5.75 Å². The Balaban J connectivity index is 2.46. The number of para-hydroxylation sites is 1. The van der Waals surface area contributed by atoms with Crippen LogP contribution in [0.3, 0.4) is 0 Å². The van der Waals surface area contributed by atoms with Crippen LogP contribution in [-0.4, -0.2) is 20.2 Å². The Kier molecular flexibility index (Phi) is 6.93. The largest absolute Gasteiger partial charge is 0.496 e. The Morgan fingerprint density at radius 1 is 1.00 bits per heavy atom. The number of benzene rings is 1. The van der Waals surface area contributed by atoms with Crippen LogP contribution in [0.15, 0.2) is 24.3 Å². The van der Waals surface area contributed by atoms with Crippen LogP contribution in [0.25, 0.3) is 0 Å². The van der Waals surface area contributed by atoms with Gasteiger partial charge in [0.25, 0.3) is 0 Å². The van der Waals surface area contributed by atoms with E-state index in [2.05, 4.69) is 45.1 Å². The lowest BCUT2D eigenvalue weighted by Gasteiger charge is -2.22. The number of hydrogen-bond acceptors (Lipinski definition) is 2.